The van der Waals surface area contributed by atoms with Crippen molar-refractivity contribution in [2.75, 3.05) is 5.75 Å². The molecule has 0 bridgehead atoms. The van der Waals surface area contributed by atoms with Gasteiger partial charge in [0.15, 0.2) is 5.12 Å². The van der Waals surface area contributed by atoms with Gasteiger partial charge in [-0.25, -0.2) is 0 Å². The predicted molar refractivity (Wildman–Crippen MR) is 74.3 cm³/mol. The van der Waals surface area contributed by atoms with Crippen LogP contribution in [0.5, 0.6) is 0 Å². The van der Waals surface area contributed by atoms with E-state index in [1.165, 1.54) is 25.3 Å². The van der Waals surface area contributed by atoms with E-state index in [2.05, 4.69) is 4.98 Å². The Bertz CT molecular complexity index is 462. The summed E-state index contributed by atoms with van der Waals surface area (Å²) in [5.41, 5.74) is 0.800. The van der Waals surface area contributed by atoms with E-state index in [9.17, 15) is 19.8 Å². The van der Waals surface area contributed by atoms with E-state index in [0.29, 0.717) is 17.0 Å². The van der Waals surface area contributed by atoms with Crippen molar-refractivity contribution in [3.8, 4) is 0 Å². The standard InChI is InChI=1S/C13H17NO5S/c1-8(15)20-5-4-11(16)13(19)9-2-3-10(14-7-9)6-12(17)18/h2-3,7,11,13,16,19H,4-6H2,1H3,(H,17,18). The van der Waals surface area contributed by atoms with Crippen LogP contribution in [0.3, 0.4) is 0 Å². The average Bonchev–Trinajstić information content (AvgIpc) is 2.37. The van der Waals surface area contributed by atoms with Crippen molar-refractivity contribution in [1.82, 2.24) is 4.98 Å². The van der Waals surface area contributed by atoms with Crippen LogP contribution in [-0.2, 0) is 16.0 Å². The van der Waals surface area contributed by atoms with Crippen LogP contribution in [-0.4, -0.2) is 43.2 Å². The fourth-order valence-electron chi connectivity index (χ4n) is 1.57. The lowest BCUT2D eigenvalue weighted by atomic mass is 10.0. The molecule has 20 heavy (non-hydrogen) atoms. The Morgan fingerprint density at radius 2 is 2.05 bits per heavy atom. The van der Waals surface area contributed by atoms with Crippen LogP contribution in [0.15, 0.2) is 18.3 Å². The summed E-state index contributed by atoms with van der Waals surface area (Å²) in [5, 5.41) is 28.3. The maximum atomic E-state index is 10.8. The zero-order chi connectivity index (χ0) is 15.1. The molecule has 1 aromatic rings. The van der Waals surface area contributed by atoms with E-state index in [1.54, 1.807) is 0 Å². The Morgan fingerprint density at radius 3 is 2.55 bits per heavy atom. The molecule has 0 aromatic carbocycles. The second kappa shape index (κ2) is 7.98. The Labute approximate surface area is 120 Å². The number of rotatable bonds is 7. The summed E-state index contributed by atoms with van der Waals surface area (Å²) in [6, 6.07) is 3.04. The van der Waals surface area contributed by atoms with Crippen LogP contribution in [0.1, 0.15) is 30.7 Å². The van der Waals surface area contributed by atoms with Crippen molar-refractivity contribution >= 4 is 22.8 Å². The van der Waals surface area contributed by atoms with Gasteiger partial charge in [0.25, 0.3) is 0 Å². The Kier molecular flexibility index (Phi) is 6.63. The van der Waals surface area contributed by atoms with Crippen molar-refractivity contribution in [2.45, 2.75) is 32.0 Å². The summed E-state index contributed by atoms with van der Waals surface area (Å²) in [6.07, 6.45) is -0.649. The zero-order valence-corrected chi connectivity index (χ0v) is 11.8. The molecule has 0 amide bonds. The van der Waals surface area contributed by atoms with Crippen molar-refractivity contribution in [3.05, 3.63) is 29.6 Å². The number of hydrogen-bond acceptors (Lipinski definition) is 6. The molecule has 3 N–H and O–H groups in total. The third-order valence-corrected chi connectivity index (χ3v) is 3.45. The molecule has 0 radical (unpaired) electrons. The molecule has 110 valence electrons. The third-order valence-electron chi connectivity index (χ3n) is 2.60. The minimum Gasteiger partial charge on any atom is -0.481 e. The van der Waals surface area contributed by atoms with Crippen molar-refractivity contribution in [1.29, 1.82) is 0 Å². The lowest BCUT2D eigenvalue weighted by Gasteiger charge is -2.17. The molecule has 0 aliphatic carbocycles. The van der Waals surface area contributed by atoms with E-state index in [-0.39, 0.29) is 18.0 Å². The molecule has 0 spiro atoms. The normalized spacial score (nSPS) is 13.8. The van der Waals surface area contributed by atoms with Gasteiger partial charge in [-0.2, -0.15) is 0 Å². The largest absolute Gasteiger partial charge is 0.481 e. The molecule has 2 unspecified atom stereocenters. The molecule has 1 rings (SSSR count). The maximum Gasteiger partial charge on any atom is 0.309 e. The number of nitrogens with zero attached hydrogens (tertiary/aromatic N) is 1. The first-order valence-electron chi connectivity index (χ1n) is 6.06. The molecule has 0 aliphatic heterocycles. The molecule has 6 nitrogen and oxygen atoms in total. The number of carbonyl (C=O) groups is 2. The van der Waals surface area contributed by atoms with Gasteiger partial charge in [-0.1, -0.05) is 17.8 Å². The van der Waals surface area contributed by atoms with E-state index in [4.69, 9.17) is 5.11 Å². The first kappa shape index (κ1) is 16.6. The summed E-state index contributed by atoms with van der Waals surface area (Å²) in [5.74, 6) is -0.551. The van der Waals surface area contributed by atoms with Gasteiger partial charge in [-0.15, -0.1) is 0 Å². The molecule has 1 heterocycles. The average molecular weight is 299 g/mol. The maximum absolute atomic E-state index is 10.8. The van der Waals surface area contributed by atoms with Crippen molar-refractivity contribution in [3.63, 3.8) is 0 Å². The molecule has 0 saturated heterocycles. The van der Waals surface area contributed by atoms with Gasteiger partial charge in [0.1, 0.15) is 6.10 Å². The number of carboxylic acids is 1. The topological polar surface area (TPSA) is 108 Å². The van der Waals surface area contributed by atoms with Crippen LogP contribution in [0.2, 0.25) is 0 Å². The molecule has 0 saturated carbocycles. The van der Waals surface area contributed by atoms with Gasteiger partial charge in [-0.3, -0.25) is 14.6 Å². The van der Waals surface area contributed by atoms with Crippen LogP contribution < -0.4 is 0 Å². The smallest absolute Gasteiger partial charge is 0.309 e. The van der Waals surface area contributed by atoms with Crippen molar-refractivity contribution < 1.29 is 24.9 Å². The van der Waals surface area contributed by atoms with Crippen LogP contribution in [0.25, 0.3) is 0 Å². The summed E-state index contributed by atoms with van der Waals surface area (Å²) in [6.45, 7) is 1.44. The number of carbonyl (C=O) groups excluding carboxylic acids is 1. The lowest BCUT2D eigenvalue weighted by molar-refractivity contribution is -0.136. The lowest BCUT2D eigenvalue weighted by Crippen LogP contribution is -2.19. The molecule has 1 aromatic heterocycles. The SMILES string of the molecule is CC(=O)SCCC(O)C(O)c1ccc(CC(=O)O)nc1. The second-order valence-corrected chi connectivity index (χ2v) is 5.57. The fraction of sp³-hybridized carbons (Fsp3) is 0.462. The predicted octanol–water partition coefficient (Wildman–Crippen LogP) is 0.773. The number of pyridine rings is 1. The molecular formula is C13H17NO5S. The van der Waals surface area contributed by atoms with Crippen molar-refractivity contribution in [2.24, 2.45) is 0 Å². The van der Waals surface area contributed by atoms with Gasteiger partial charge in [0.05, 0.1) is 18.2 Å². The highest BCUT2D eigenvalue weighted by Gasteiger charge is 2.18. The Hall–Kier alpha value is -1.44. The minimum atomic E-state index is -1.10. The minimum absolute atomic E-state index is 0.0358. The molecule has 7 heteroatoms. The molecule has 0 fully saturated rings. The zero-order valence-electron chi connectivity index (χ0n) is 11.0. The van der Waals surface area contributed by atoms with E-state index >= 15 is 0 Å². The first-order valence-corrected chi connectivity index (χ1v) is 7.05. The Balaban J connectivity index is 2.55. The van der Waals surface area contributed by atoms with Crippen LogP contribution >= 0.6 is 11.8 Å². The number of aromatic nitrogens is 1. The summed E-state index contributed by atoms with van der Waals surface area (Å²) < 4.78 is 0. The Morgan fingerprint density at radius 1 is 1.35 bits per heavy atom. The van der Waals surface area contributed by atoms with Gasteiger partial charge in [0, 0.05) is 24.4 Å². The van der Waals surface area contributed by atoms with Gasteiger partial charge < -0.3 is 15.3 Å². The van der Waals surface area contributed by atoms with Crippen LogP contribution in [0, 0.1) is 0 Å². The third kappa shape index (κ3) is 5.68. The number of thioether (sulfide) groups is 1. The van der Waals surface area contributed by atoms with E-state index in [1.807, 2.05) is 0 Å². The highest BCUT2D eigenvalue weighted by Crippen LogP contribution is 2.20. The van der Waals surface area contributed by atoms with Gasteiger partial charge in [-0.05, 0) is 12.5 Å². The number of hydrogen-bond donors (Lipinski definition) is 3. The van der Waals surface area contributed by atoms with E-state index < -0.39 is 18.2 Å². The van der Waals surface area contributed by atoms with Gasteiger partial charge in [0.2, 0.25) is 0 Å². The number of carboxylic acid groups (broad SMARTS) is 1. The van der Waals surface area contributed by atoms with E-state index in [0.717, 1.165) is 11.8 Å². The first-order chi connectivity index (χ1) is 9.40. The summed E-state index contributed by atoms with van der Waals surface area (Å²) in [4.78, 5) is 25.2. The highest BCUT2D eigenvalue weighted by atomic mass is 32.2. The summed E-state index contributed by atoms with van der Waals surface area (Å²) in [7, 11) is 0. The second-order valence-electron chi connectivity index (χ2n) is 4.29. The van der Waals surface area contributed by atoms with Crippen LogP contribution in [0.4, 0.5) is 0 Å². The molecular weight excluding hydrogens is 282 g/mol. The number of aliphatic hydroxyl groups excluding tert-OH is 2. The number of aliphatic hydroxyl groups is 2. The fourth-order valence-corrected chi connectivity index (χ4v) is 2.22. The quantitative estimate of drug-likeness (QED) is 0.682. The highest BCUT2D eigenvalue weighted by molar-refractivity contribution is 8.13. The monoisotopic (exact) mass is 299 g/mol. The summed E-state index contributed by atoms with van der Waals surface area (Å²) >= 11 is 1.09. The molecule has 0 aliphatic rings. The van der Waals surface area contributed by atoms with Gasteiger partial charge >= 0.3 is 5.97 Å². The molecule has 2 atom stereocenters. The number of aliphatic carboxylic acids is 1.